The first-order chi connectivity index (χ1) is 13.7. The van der Waals surface area contributed by atoms with Crippen LogP contribution in [0.25, 0.3) is 10.9 Å². The smallest absolute Gasteiger partial charge is 0.335 e. The first kappa shape index (κ1) is 19.8. The zero-order chi connectivity index (χ0) is 19.8. The second kappa shape index (κ2) is 9.85. The molecule has 28 heavy (non-hydrogen) atoms. The third-order valence-corrected chi connectivity index (χ3v) is 4.36. The van der Waals surface area contributed by atoms with E-state index in [9.17, 15) is 4.79 Å². The molecule has 0 bridgehead atoms. The Kier molecular flexibility index (Phi) is 6.98. The molecule has 2 aromatic carbocycles. The topological polar surface area (TPSA) is 57.7 Å². The van der Waals surface area contributed by atoms with Crippen molar-refractivity contribution in [3.05, 3.63) is 71.9 Å². The lowest BCUT2D eigenvalue weighted by Gasteiger charge is -2.18. The van der Waals surface area contributed by atoms with E-state index in [4.69, 9.17) is 14.2 Å². The summed E-state index contributed by atoms with van der Waals surface area (Å²) in [7, 11) is 0. The predicted molar refractivity (Wildman–Crippen MR) is 108 cm³/mol. The van der Waals surface area contributed by atoms with Gasteiger partial charge in [0.25, 0.3) is 0 Å². The van der Waals surface area contributed by atoms with E-state index in [1.165, 1.54) is 0 Å². The van der Waals surface area contributed by atoms with Gasteiger partial charge in [-0.1, -0.05) is 30.3 Å². The molecule has 3 aromatic rings. The van der Waals surface area contributed by atoms with Crippen molar-refractivity contribution < 1.29 is 19.0 Å². The zero-order valence-corrected chi connectivity index (χ0v) is 16.3. The van der Waals surface area contributed by atoms with Crippen molar-refractivity contribution in [3.8, 4) is 5.75 Å². The van der Waals surface area contributed by atoms with Crippen LogP contribution in [0.5, 0.6) is 5.75 Å². The Bertz CT molecular complexity index is 925. The largest absolute Gasteiger partial charge is 0.489 e. The van der Waals surface area contributed by atoms with Crippen molar-refractivity contribution in [3.63, 3.8) is 0 Å². The minimum absolute atomic E-state index is 0.331. The number of para-hydroxylation sites is 1. The number of hydrogen-bond acceptors (Lipinski definition) is 5. The van der Waals surface area contributed by atoms with Crippen molar-refractivity contribution in [2.45, 2.75) is 33.0 Å². The quantitative estimate of drug-likeness (QED) is 0.518. The van der Waals surface area contributed by atoms with Crippen molar-refractivity contribution in [2.75, 3.05) is 13.2 Å². The number of ether oxygens (including phenoxy) is 3. The SMILES string of the molecule is CCOC(=O)C(Cc1ccccc1OCc1ccc2ncccc2c1)OCC. The van der Waals surface area contributed by atoms with Gasteiger partial charge in [0.1, 0.15) is 12.4 Å². The Balaban J connectivity index is 1.72. The number of pyridine rings is 1. The molecule has 1 heterocycles. The molecule has 1 unspecified atom stereocenters. The summed E-state index contributed by atoms with van der Waals surface area (Å²) in [5.74, 6) is 0.393. The lowest BCUT2D eigenvalue weighted by Crippen LogP contribution is -2.29. The van der Waals surface area contributed by atoms with E-state index in [0.717, 1.165) is 27.8 Å². The summed E-state index contributed by atoms with van der Waals surface area (Å²) in [6, 6.07) is 17.7. The van der Waals surface area contributed by atoms with Crippen LogP contribution < -0.4 is 4.74 Å². The standard InChI is InChI=1S/C23H25NO4/c1-3-26-22(23(25)27-4-2)15-19-8-5-6-10-21(19)28-16-17-11-12-20-18(14-17)9-7-13-24-20/h5-14,22H,3-4,15-16H2,1-2H3. The van der Waals surface area contributed by atoms with Gasteiger partial charge in [0.15, 0.2) is 6.10 Å². The molecule has 0 fully saturated rings. The number of hydrogen-bond donors (Lipinski definition) is 0. The number of aromatic nitrogens is 1. The van der Waals surface area contributed by atoms with E-state index in [1.54, 1.807) is 13.1 Å². The molecule has 0 aliphatic heterocycles. The summed E-state index contributed by atoms with van der Waals surface area (Å²) in [4.78, 5) is 16.5. The molecule has 0 saturated carbocycles. The normalized spacial score (nSPS) is 11.9. The van der Waals surface area contributed by atoms with Gasteiger partial charge in [-0.15, -0.1) is 0 Å². The van der Waals surface area contributed by atoms with E-state index >= 15 is 0 Å². The van der Waals surface area contributed by atoms with Crippen molar-refractivity contribution >= 4 is 16.9 Å². The van der Waals surface area contributed by atoms with Gasteiger partial charge in [-0.2, -0.15) is 0 Å². The van der Waals surface area contributed by atoms with Crippen LogP contribution >= 0.6 is 0 Å². The lowest BCUT2D eigenvalue weighted by atomic mass is 10.1. The molecule has 5 heteroatoms. The first-order valence-electron chi connectivity index (χ1n) is 9.53. The average Bonchev–Trinajstić information content (AvgIpc) is 2.72. The van der Waals surface area contributed by atoms with Crippen LogP contribution in [0.4, 0.5) is 0 Å². The third kappa shape index (κ3) is 5.08. The van der Waals surface area contributed by atoms with Crippen LogP contribution in [-0.2, 0) is 27.3 Å². The zero-order valence-electron chi connectivity index (χ0n) is 16.3. The summed E-state index contributed by atoms with van der Waals surface area (Å²) in [6.45, 7) is 4.86. The molecule has 1 aromatic heterocycles. The maximum absolute atomic E-state index is 12.2. The molecule has 0 aliphatic carbocycles. The minimum Gasteiger partial charge on any atom is -0.489 e. The highest BCUT2D eigenvalue weighted by molar-refractivity contribution is 5.78. The van der Waals surface area contributed by atoms with Crippen LogP contribution in [0.1, 0.15) is 25.0 Å². The molecular weight excluding hydrogens is 354 g/mol. The number of benzene rings is 2. The fourth-order valence-electron chi connectivity index (χ4n) is 3.04. The minimum atomic E-state index is -0.638. The highest BCUT2D eigenvalue weighted by Gasteiger charge is 2.22. The van der Waals surface area contributed by atoms with E-state index in [0.29, 0.717) is 26.2 Å². The summed E-state index contributed by atoms with van der Waals surface area (Å²) in [5.41, 5.74) is 2.93. The molecule has 5 nitrogen and oxygen atoms in total. The Hall–Kier alpha value is -2.92. The maximum Gasteiger partial charge on any atom is 0.335 e. The van der Waals surface area contributed by atoms with E-state index in [1.807, 2.05) is 55.5 Å². The van der Waals surface area contributed by atoms with E-state index in [-0.39, 0.29) is 5.97 Å². The number of carbonyl (C=O) groups excluding carboxylic acids is 1. The molecule has 0 saturated heterocycles. The van der Waals surface area contributed by atoms with Gasteiger partial charge in [0.2, 0.25) is 0 Å². The Morgan fingerprint density at radius 1 is 1.04 bits per heavy atom. The Morgan fingerprint density at radius 3 is 2.71 bits per heavy atom. The van der Waals surface area contributed by atoms with E-state index < -0.39 is 6.10 Å². The molecule has 0 spiro atoms. The first-order valence-corrected chi connectivity index (χ1v) is 9.53. The maximum atomic E-state index is 12.2. The van der Waals surface area contributed by atoms with Crippen LogP contribution in [0.2, 0.25) is 0 Å². The van der Waals surface area contributed by atoms with Crippen molar-refractivity contribution in [2.24, 2.45) is 0 Å². The molecule has 0 N–H and O–H groups in total. The predicted octanol–water partition coefficient (Wildman–Crippen LogP) is 4.32. The van der Waals surface area contributed by atoms with Crippen LogP contribution in [0.3, 0.4) is 0 Å². The van der Waals surface area contributed by atoms with Gasteiger partial charge in [-0.05, 0) is 49.2 Å². The second-order valence-corrected chi connectivity index (χ2v) is 6.33. The number of fused-ring (bicyclic) bond motifs is 1. The summed E-state index contributed by atoms with van der Waals surface area (Å²) in [6.07, 6.45) is 1.55. The Labute approximate surface area is 165 Å². The number of rotatable bonds is 9. The summed E-state index contributed by atoms with van der Waals surface area (Å²) >= 11 is 0. The lowest BCUT2D eigenvalue weighted by molar-refractivity contribution is -0.156. The third-order valence-electron chi connectivity index (χ3n) is 4.36. The molecular formula is C23H25NO4. The highest BCUT2D eigenvalue weighted by Crippen LogP contribution is 2.23. The van der Waals surface area contributed by atoms with Gasteiger partial charge < -0.3 is 14.2 Å². The number of esters is 1. The number of carbonyl (C=O) groups is 1. The molecule has 0 amide bonds. The van der Waals surface area contributed by atoms with Gasteiger partial charge in [0, 0.05) is 24.6 Å². The Morgan fingerprint density at radius 2 is 1.89 bits per heavy atom. The van der Waals surface area contributed by atoms with Gasteiger partial charge in [-0.3, -0.25) is 4.98 Å². The molecule has 0 aliphatic rings. The fraction of sp³-hybridized carbons (Fsp3) is 0.304. The summed E-state index contributed by atoms with van der Waals surface area (Å²) < 4.78 is 16.8. The molecule has 146 valence electrons. The van der Waals surface area contributed by atoms with Gasteiger partial charge in [-0.25, -0.2) is 4.79 Å². The average molecular weight is 379 g/mol. The van der Waals surface area contributed by atoms with Crippen LogP contribution in [0.15, 0.2) is 60.8 Å². The number of nitrogens with zero attached hydrogens (tertiary/aromatic N) is 1. The monoisotopic (exact) mass is 379 g/mol. The van der Waals surface area contributed by atoms with Crippen LogP contribution in [0, 0.1) is 0 Å². The van der Waals surface area contributed by atoms with Crippen molar-refractivity contribution in [1.29, 1.82) is 0 Å². The van der Waals surface area contributed by atoms with E-state index in [2.05, 4.69) is 11.1 Å². The van der Waals surface area contributed by atoms with Gasteiger partial charge >= 0.3 is 5.97 Å². The van der Waals surface area contributed by atoms with Crippen LogP contribution in [-0.4, -0.2) is 30.3 Å². The highest BCUT2D eigenvalue weighted by atomic mass is 16.6. The molecule has 0 radical (unpaired) electrons. The summed E-state index contributed by atoms with van der Waals surface area (Å²) in [5, 5.41) is 1.08. The molecule has 3 rings (SSSR count). The van der Waals surface area contributed by atoms with Crippen molar-refractivity contribution in [1.82, 2.24) is 4.98 Å². The fourth-order valence-corrected chi connectivity index (χ4v) is 3.04. The van der Waals surface area contributed by atoms with Gasteiger partial charge in [0.05, 0.1) is 12.1 Å². The molecule has 1 atom stereocenters. The second-order valence-electron chi connectivity index (χ2n) is 6.33.